The quantitative estimate of drug-likeness (QED) is 0.772. The Morgan fingerprint density at radius 1 is 1.40 bits per heavy atom. The minimum atomic E-state index is 0.255. The third-order valence-corrected chi connectivity index (χ3v) is 3.73. The van der Waals surface area contributed by atoms with E-state index in [1.165, 1.54) is 0 Å². The Morgan fingerprint density at radius 3 is 2.90 bits per heavy atom. The Labute approximate surface area is 121 Å². The number of hydrogen-bond acceptors (Lipinski definition) is 5. The molecule has 1 aliphatic heterocycles. The molecular weight excluding hydrogens is 254 g/mol. The van der Waals surface area contributed by atoms with Gasteiger partial charge in [-0.1, -0.05) is 0 Å². The van der Waals surface area contributed by atoms with E-state index in [0.717, 1.165) is 62.9 Å². The first-order valence-corrected chi connectivity index (χ1v) is 7.53. The molecule has 1 N–H and O–H groups in total. The van der Waals surface area contributed by atoms with E-state index in [9.17, 15) is 0 Å². The van der Waals surface area contributed by atoms with E-state index in [2.05, 4.69) is 27.9 Å². The molecule has 0 aliphatic carbocycles. The van der Waals surface area contributed by atoms with Gasteiger partial charge >= 0.3 is 0 Å². The first kappa shape index (κ1) is 15.2. The van der Waals surface area contributed by atoms with Crippen molar-refractivity contribution >= 4 is 5.82 Å². The van der Waals surface area contributed by atoms with Crippen LogP contribution in [0.5, 0.6) is 0 Å². The van der Waals surface area contributed by atoms with Crippen LogP contribution in [0.2, 0.25) is 0 Å². The van der Waals surface area contributed by atoms with Crippen molar-refractivity contribution in [1.82, 2.24) is 9.97 Å². The fraction of sp³-hybridized carbons (Fsp3) is 0.733. The molecule has 0 radical (unpaired) electrons. The minimum absolute atomic E-state index is 0.255. The molecular formula is C15H25N3O2. The Balaban J connectivity index is 2.12. The van der Waals surface area contributed by atoms with Gasteiger partial charge in [0.2, 0.25) is 0 Å². The third kappa shape index (κ3) is 3.90. The fourth-order valence-corrected chi connectivity index (χ4v) is 2.56. The zero-order valence-corrected chi connectivity index (χ0v) is 12.5. The lowest BCUT2D eigenvalue weighted by Crippen LogP contribution is -2.26. The molecule has 5 nitrogen and oxygen atoms in total. The van der Waals surface area contributed by atoms with Crippen molar-refractivity contribution in [3.8, 4) is 0 Å². The predicted molar refractivity (Wildman–Crippen MR) is 79.2 cm³/mol. The molecule has 1 saturated heterocycles. The first-order chi connectivity index (χ1) is 9.74. The van der Waals surface area contributed by atoms with Gasteiger partial charge in [-0.05, 0) is 33.1 Å². The number of aliphatic hydroxyl groups excluding tert-OH is 1. The zero-order chi connectivity index (χ0) is 14.4. The molecule has 0 amide bonds. The Kier molecular flexibility index (Phi) is 5.73. The molecule has 1 aromatic rings. The van der Waals surface area contributed by atoms with Crippen LogP contribution >= 0.6 is 0 Å². The minimum Gasteiger partial charge on any atom is -0.396 e. The molecule has 1 fully saturated rings. The van der Waals surface area contributed by atoms with Crippen LogP contribution in [0, 0.1) is 6.92 Å². The lowest BCUT2D eigenvalue weighted by Gasteiger charge is -2.23. The second kappa shape index (κ2) is 7.55. The highest BCUT2D eigenvalue weighted by Gasteiger charge is 2.21. The van der Waals surface area contributed by atoms with E-state index >= 15 is 0 Å². The Bertz CT molecular complexity index is 420. The number of aromatic nitrogens is 2. The highest BCUT2D eigenvalue weighted by atomic mass is 16.5. The molecule has 112 valence electrons. The van der Waals surface area contributed by atoms with E-state index in [4.69, 9.17) is 9.84 Å². The van der Waals surface area contributed by atoms with E-state index < -0.39 is 0 Å². The number of aliphatic hydroxyl groups is 1. The highest BCUT2D eigenvalue weighted by Crippen LogP contribution is 2.26. The van der Waals surface area contributed by atoms with Gasteiger partial charge in [-0.2, -0.15) is 0 Å². The van der Waals surface area contributed by atoms with Crippen molar-refractivity contribution in [2.45, 2.75) is 39.0 Å². The van der Waals surface area contributed by atoms with E-state index in [1.54, 1.807) is 0 Å². The average molecular weight is 279 g/mol. The van der Waals surface area contributed by atoms with Gasteiger partial charge in [-0.15, -0.1) is 0 Å². The van der Waals surface area contributed by atoms with Crippen molar-refractivity contribution in [2.75, 3.05) is 37.8 Å². The zero-order valence-electron chi connectivity index (χ0n) is 12.5. The summed E-state index contributed by atoms with van der Waals surface area (Å²) in [6.07, 6.45) is 2.87. The maximum absolute atomic E-state index is 8.90. The van der Waals surface area contributed by atoms with E-state index in [0.29, 0.717) is 5.92 Å². The van der Waals surface area contributed by atoms with Crippen LogP contribution in [0.15, 0.2) is 6.07 Å². The van der Waals surface area contributed by atoms with Gasteiger partial charge in [0.1, 0.15) is 11.6 Å². The van der Waals surface area contributed by atoms with Gasteiger partial charge in [0.05, 0.1) is 12.3 Å². The van der Waals surface area contributed by atoms with Crippen LogP contribution in [0.25, 0.3) is 0 Å². The second-order valence-corrected chi connectivity index (χ2v) is 5.27. The SMILES string of the molecule is CCN(CCCCO)c1cc([C@H]2CCOC2)nc(C)n1. The summed E-state index contributed by atoms with van der Waals surface area (Å²) in [6.45, 7) is 7.78. The molecule has 1 atom stereocenters. The topological polar surface area (TPSA) is 58.5 Å². The Morgan fingerprint density at radius 2 is 2.25 bits per heavy atom. The normalized spacial score (nSPS) is 18.4. The predicted octanol–water partition coefficient (Wildman–Crippen LogP) is 1.89. The fourth-order valence-electron chi connectivity index (χ4n) is 2.56. The largest absolute Gasteiger partial charge is 0.396 e. The van der Waals surface area contributed by atoms with Gasteiger partial charge in [-0.3, -0.25) is 0 Å². The van der Waals surface area contributed by atoms with Crippen LogP contribution in [0.1, 0.15) is 43.6 Å². The second-order valence-electron chi connectivity index (χ2n) is 5.27. The number of hydrogen-bond donors (Lipinski definition) is 1. The summed E-state index contributed by atoms with van der Waals surface area (Å²) in [7, 11) is 0. The van der Waals surface area contributed by atoms with Crippen LogP contribution in [0.4, 0.5) is 5.82 Å². The lowest BCUT2D eigenvalue weighted by molar-refractivity contribution is 0.193. The summed E-state index contributed by atoms with van der Waals surface area (Å²) in [5.41, 5.74) is 1.10. The molecule has 0 saturated carbocycles. The molecule has 5 heteroatoms. The number of ether oxygens (including phenoxy) is 1. The maximum atomic E-state index is 8.90. The van der Waals surface area contributed by atoms with Gasteiger partial charge in [-0.25, -0.2) is 9.97 Å². The first-order valence-electron chi connectivity index (χ1n) is 7.53. The monoisotopic (exact) mass is 279 g/mol. The highest BCUT2D eigenvalue weighted by molar-refractivity contribution is 5.40. The van der Waals surface area contributed by atoms with Crippen LogP contribution in [0.3, 0.4) is 0 Å². The van der Waals surface area contributed by atoms with Crippen LogP contribution in [-0.2, 0) is 4.74 Å². The molecule has 20 heavy (non-hydrogen) atoms. The smallest absolute Gasteiger partial charge is 0.132 e. The molecule has 1 aliphatic rings. The van der Waals surface area contributed by atoms with Gasteiger partial charge in [0, 0.05) is 38.3 Å². The molecule has 0 aromatic carbocycles. The number of rotatable bonds is 7. The summed E-state index contributed by atoms with van der Waals surface area (Å²) in [5, 5.41) is 8.90. The van der Waals surface area contributed by atoms with Crippen molar-refractivity contribution in [3.63, 3.8) is 0 Å². The van der Waals surface area contributed by atoms with Gasteiger partial charge in [0.25, 0.3) is 0 Å². The maximum Gasteiger partial charge on any atom is 0.132 e. The van der Waals surface area contributed by atoms with Crippen molar-refractivity contribution in [2.24, 2.45) is 0 Å². The number of nitrogens with zero attached hydrogens (tertiary/aromatic N) is 3. The van der Waals surface area contributed by atoms with Crippen molar-refractivity contribution in [1.29, 1.82) is 0 Å². The molecule has 1 aromatic heterocycles. The molecule has 2 heterocycles. The number of aryl methyl sites for hydroxylation is 1. The summed E-state index contributed by atoms with van der Waals surface area (Å²) >= 11 is 0. The van der Waals surface area contributed by atoms with E-state index in [1.807, 2.05) is 6.92 Å². The molecule has 0 bridgehead atoms. The number of anilines is 1. The van der Waals surface area contributed by atoms with Crippen LogP contribution in [-0.4, -0.2) is 48.0 Å². The summed E-state index contributed by atoms with van der Waals surface area (Å²) in [6, 6.07) is 2.11. The molecule has 0 spiro atoms. The lowest BCUT2D eigenvalue weighted by atomic mass is 10.0. The Hall–Kier alpha value is -1.20. The summed E-state index contributed by atoms with van der Waals surface area (Å²) in [5.74, 6) is 2.23. The van der Waals surface area contributed by atoms with Crippen LogP contribution < -0.4 is 4.90 Å². The summed E-state index contributed by atoms with van der Waals surface area (Å²) < 4.78 is 5.46. The standard InChI is InChI=1S/C15H25N3O2/c1-3-18(7-4-5-8-19)15-10-14(16-12(2)17-15)13-6-9-20-11-13/h10,13,19H,3-9,11H2,1-2H3/t13-/m0/s1. The number of unbranched alkanes of at least 4 members (excludes halogenated alkanes) is 1. The van der Waals surface area contributed by atoms with Gasteiger partial charge < -0.3 is 14.7 Å². The van der Waals surface area contributed by atoms with Gasteiger partial charge in [0.15, 0.2) is 0 Å². The third-order valence-electron chi connectivity index (χ3n) is 3.73. The van der Waals surface area contributed by atoms with Crippen molar-refractivity contribution < 1.29 is 9.84 Å². The summed E-state index contributed by atoms with van der Waals surface area (Å²) in [4.78, 5) is 11.4. The van der Waals surface area contributed by atoms with Crippen molar-refractivity contribution in [3.05, 3.63) is 17.6 Å². The average Bonchev–Trinajstić information content (AvgIpc) is 2.97. The molecule has 0 unspecified atom stereocenters. The van der Waals surface area contributed by atoms with E-state index in [-0.39, 0.29) is 6.61 Å². The molecule has 2 rings (SSSR count).